The van der Waals surface area contributed by atoms with Crippen LogP contribution in [0.5, 0.6) is 0 Å². The first-order valence-corrected chi connectivity index (χ1v) is 5.09. The molecule has 0 saturated heterocycles. The van der Waals surface area contributed by atoms with Crippen LogP contribution in [0.15, 0.2) is 16.5 Å². The van der Waals surface area contributed by atoms with Crippen LogP contribution < -0.4 is 5.73 Å². The van der Waals surface area contributed by atoms with Gasteiger partial charge in [0.1, 0.15) is 17.6 Å². The number of nitrogens with two attached hydrogens (primary N) is 1. The lowest BCUT2D eigenvalue weighted by Gasteiger charge is -2.11. The van der Waals surface area contributed by atoms with Gasteiger partial charge in [-0.25, -0.2) is 0 Å². The molecule has 0 spiro atoms. The quantitative estimate of drug-likeness (QED) is 0.777. The molecule has 0 aliphatic heterocycles. The Morgan fingerprint density at radius 3 is 2.43 bits per heavy atom. The summed E-state index contributed by atoms with van der Waals surface area (Å²) in [6, 6.07) is 3.41. The molecule has 3 heteroatoms. The largest absolute Gasteiger partial charge is 0.463 e. The summed E-state index contributed by atoms with van der Waals surface area (Å²) in [5.74, 6) is 1.88. The van der Waals surface area contributed by atoms with E-state index in [9.17, 15) is 5.11 Å². The van der Waals surface area contributed by atoms with Crippen LogP contribution in [0.1, 0.15) is 50.7 Å². The zero-order valence-electron chi connectivity index (χ0n) is 9.03. The summed E-state index contributed by atoms with van der Waals surface area (Å²) in [6.07, 6.45) is 0.328. The summed E-state index contributed by atoms with van der Waals surface area (Å²) >= 11 is 0. The predicted octanol–water partition coefficient (Wildman–Crippen LogP) is 2.17. The van der Waals surface area contributed by atoms with Crippen LogP contribution in [0.4, 0.5) is 0 Å². The van der Waals surface area contributed by atoms with E-state index in [1.54, 1.807) is 13.0 Å². The Hall–Kier alpha value is -0.800. The van der Waals surface area contributed by atoms with Gasteiger partial charge in [-0.15, -0.1) is 0 Å². The van der Waals surface area contributed by atoms with Gasteiger partial charge in [0.15, 0.2) is 0 Å². The molecule has 3 nitrogen and oxygen atoms in total. The standard InChI is InChI=1S/C11H19NO2/c1-4-7(2)9-5-6-10(14-9)11(13)8(3)12/h5-8,11,13H,4,12H2,1-3H3. The fourth-order valence-corrected chi connectivity index (χ4v) is 1.25. The molecule has 1 heterocycles. The molecule has 0 fully saturated rings. The van der Waals surface area contributed by atoms with Crippen LogP contribution in [0, 0.1) is 0 Å². The van der Waals surface area contributed by atoms with Crippen molar-refractivity contribution in [2.45, 2.75) is 45.3 Å². The second-order valence-electron chi connectivity index (χ2n) is 3.85. The molecule has 0 bridgehead atoms. The van der Waals surface area contributed by atoms with E-state index in [4.69, 9.17) is 10.2 Å². The van der Waals surface area contributed by atoms with Crippen LogP contribution in [0.25, 0.3) is 0 Å². The van der Waals surface area contributed by atoms with Crippen molar-refractivity contribution in [2.24, 2.45) is 5.73 Å². The molecule has 0 amide bonds. The van der Waals surface area contributed by atoms with Crippen LogP contribution in [-0.2, 0) is 0 Å². The highest BCUT2D eigenvalue weighted by Gasteiger charge is 2.17. The maximum atomic E-state index is 9.65. The second kappa shape index (κ2) is 4.62. The van der Waals surface area contributed by atoms with Gasteiger partial charge in [0.2, 0.25) is 0 Å². The first-order valence-electron chi connectivity index (χ1n) is 5.09. The molecule has 1 aromatic rings. The molecule has 3 atom stereocenters. The fourth-order valence-electron chi connectivity index (χ4n) is 1.25. The van der Waals surface area contributed by atoms with Crippen molar-refractivity contribution in [1.29, 1.82) is 0 Å². The minimum absolute atomic E-state index is 0.300. The normalized spacial score (nSPS) is 17.8. The van der Waals surface area contributed by atoms with Gasteiger partial charge < -0.3 is 15.3 Å². The molecule has 0 aromatic carbocycles. The lowest BCUT2D eigenvalue weighted by atomic mass is 10.1. The number of hydrogen-bond acceptors (Lipinski definition) is 3. The van der Waals surface area contributed by atoms with Crippen molar-refractivity contribution >= 4 is 0 Å². The molecule has 3 unspecified atom stereocenters. The third kappa shape index (κ3) is 2.36. The van der Waals surface area contributed by atoms with E-state index in [0.29, 0.717) is 11.7 Å². The highest BCUT2D eigenvalue weighted by molar-refractivity contribution is 5.13. The van der Waals surface area contributed by atoms with E-state index in [-0.39, 0.29) is 6.04 Å². The van der Waals surface area contributed by atoms with Gasteiger partial charge in [-0.05, 0) is 25.5 Å². The van der Waals surface area contributed by atoms with Crippen molar-refractivity contribution in [1.82, 2.24) is 0 Å². The van der Waals surface area contributed by atoms with E-state index >= 15 is 0 Å². The molecule has 0 aliphatic rings. The van der Waals surface area contributed by atoms with Crippen molar-refractivity contribution in [3.63, 3.8) is 0 Å². The van der Waals surface area contributed by atoms with Crippen LogP contribution in [0.3, 0.4) is 0 Å². The number of hydrogen-bond donors (Lipinski definition) is 2. The fraction of sp³-hybridized carbons (Fsp3) is 0.636. The molecule has 3 N–H and O–H groups in total. The topological polar surface area (TPSA) is 59.4 Å². The lowest BCUT2D eigenvalue weighted by molar-refractivity contribution is 0.125. The first kappa shape index (κ1) is 11.3. The van der Waals surface area contributed by atoms with Crippen molar-refractivity contribution in [3.8, 4) is 0 Å². The van der Waals surface area contributed by atoms with Gasteiger partial charge in [0.05, 0.1) is 0 Å². The van der Waals surface area contributed by atoms with E-state index in [1.165, 1.54) is 0 Å². The van der Waals surface area contributed by atoms with Gasteiger partial charge in [-0.2, -0.15) is 0 Å². The summed E-state index contributed by atoms with van der Waals surface area (Å²) in [4.78, 5) is 0. The van der Waals surface area contributed by atoms with Crippen molar-refractivity contribution in [3.05, 3.63) is 23.7 Å². The number of rotatable bonds is 4. The SMILES string of the molecule is CCC(C)c1ccc(C(O)C(C)N)o1. The summed E-state index contributed by atoms with van der Waals surface area (Å²) in [7, 11) is 0. The van der Waals surface area contributed by atoms with E-state index in [1.807, 2.05) is 6.07 Å². The first-order chi connectivity index (χ1) is 6.56. The maximum Gasteiger partial charge on any atom is 0.134 e. The Labute approximate surface area is 84.9 Å². The smallest absolute Gasteiger partial charge is 0.134 e. The molecule has 14 heavy (non-hydrogen) atoms. The molecular formula is C11H19NO2. The van der Waals surface area contributed by atoms with Crippen molar-refractivity contribution in [2.75, 3.05) is 0 Å². The Morgan fingerprint density at radius 1 is 1.36 bits per heavy atom. The molecule has 0 saturated carbocycles. The van der Waals surface area contributed by atoms with E-state index in [0.717, 1.165) is 12.2 Å². The summed E-state index contributed by atoms with van der Waals surface area (Å²) < 4.78 is 5.53. The van der Waals surface area contributed by atoms with E-state index < -0.39 is 6.10 Å². The number of aliphatic hydroxyl groups is 1. The number of aliphatic hydroxyl groups excluding tert-OH is 1. The van der Waals surface area contributed by atoms with Gasteiger partial charge in [-0.3, -0.25) is 0 Å². The van der Waals surface area contributed by atoms with Gasteiger partial charge in [0.25, 0.3) is 0 Å². The highest BCUT2D eigenvalue weighted by Crippen LogP contribution is 2.25. The maximum absolute atomic E-state index is 9.65. The zero-order chi connectivity index (χ0) is 10.7. The van der Waals surface area contributed by atoms with Gasteiger partial charge in [0, 0.05) is 12.0 Å². The van der Waals surface area contributed by atoms with Crippen LogP contribution in [-0.4, -0.2) is 11.1 Å². The van der Waals surface area contributed by atoms with Crippen molar-refractivity contribution < 1.29 is 9.52 Å². The summed E-state index contributed by atoms with van der Waals surface area (Å²) in [5, 5.41) is 9.65. The molecule has 1 aromatic heterocycles. The minimum atomic E-state index is -0.701. The highest BCUT2D eigenvalue weighted by atomic mass is 16.4. The molecular weight excluding hydrogens is 178 g/mol. The number of furan rings is 1. The Bertz CT molecular complexity index is 281. The average Bonchev–Trinajstić information content (AvgIpc) is 2.64. The third-order valence-corrected chi connectivity index (χ3v) is 2.54. The Morgan fingerprint density at radius 2 is 1.93 bits per heavy atom. The third-order valence-electron chi connectivity index (χ3n) is 2.54. The second-order valence-corrected chi connectivity index (χ2v) is 3.85. The molecule has 0 radical (unpaired) electrons. The summed E-state index contributed by atoms with van der Waals surface area (Å²) in [5.41, 5.74) is 5.58. The predicted molar refractivity (Wildman–Crippen MR) is 56.0 cm³/mol. The molecule has 1 rings (SSSR count). The Kier molecular flexibility index (Phi) is 3.72. The van der Waals surface area contributed by atoms with Crippen LogP contribution >= 0.6 is 0 Å². The lowest BCUT2D eigenvalue weighted by Crippen LogP contribution is -2.23. The van der Waals surface area contributed by atoms with E-state index in [2.05, 4.69) is 13.8 Å². The zero-order valence-corrected chi connectivity index (χ0v) is 9.03. The van der Waals surface area contributed by atoms with Gasteiger partial charge in [-0.1, -0.05) is 13.8 Å². The molecule has 80 valence electrons. The van der Waals surface area contributed by atoms with Crippen LogP contribution in [0.2, 0.25) is 0 Å². The van der Waals surface area contributed by atoms with Gasteiger partial charge >= 0.3 is 0 Å². The molecule has 0 aliphatic carbocycles. The summed E-state index contributed by atoms with van der Waals surface area (Å²) in [6.45, 7) is 5.96. The Balaban J connectivity index is 2.77. The minimum Gasteiger partial charge on any atom is -0.463 e. The average molecular weight is 197 g/mol. The monoisotopic (exact) mass is 197 g/mol.